The van der Waals surface area contributed by atoms with E-state index >= 15 is 0 Å². The molecule has 0 saturated carbocycles. The smallest absolute Gasteiger partial charge is 0.275 e. The lowest BCUT2D eigenvalue weighted by Gasteiger charge is -2.37. The van der Waals surface area contributed by atoms with Crippen molar-refractivity contribution in [3.05, 3.63) is 46.7 Å². The zero-order chi connectivity index (χ0) is 14.8. The Bertz CT molecular complexity index is 635. The third-order valence-electron chi connectivity index (χ3n) is 3.49. The average Bonchev–Trinajstić information content (AvgIpc) is 3.01. The van der Waals surface area contributed by atoms with Gasteiger partial charge in [-0.05, 0) is 24.6 Å². The van der Waals surface area contributed by atoms with Crippen LogP contribution in [0.3, 0.4) is 0 Å². The molecule has 0 aliphatic carbocycles. The Morgan fingerprint density at radius 1 is 1.52 bits per heavy atom. The van der Waals surface area contributed by atoms with Crippen molar-refractivity contribution in [2.24, 2.45) is 0 Å². The van der Waals surface area contributed by atoms with Crippen molar-refractivity contribution in [3.63, 3.8) is 0 Å². The molecule has 1 amide bonds. The van der Waals surface area contributed by atoms with Gasteiger partial charge in [0.25, 0.3) is 5.91 Å². The Kier molecular flexibility index (Phi) is 4.19. The molecule has 110 valence electrons. The van der Waals surface area contributed by atoms with Crippen molar-refractivity contribution >= 4 is 29.2 Å². The number of carbonyl (C=O) groups excluding carboxylic acids is 1. The summed E-state index contributed by atoms with van der Waals surface area (Å²) in [6.45, 7) is 2.93. The third-order valence-corrected chi connectivity index (χ3v) is 4.21. The number of amides is 1. The van der Waals surface area contributed by atoms with E-state index in [1.54, 1.807) is 4.90 Å². The Hall–Kier alpha value is -1.50. The first-order valence-electron chi connectivity index (χ1n) is 6.61. The van der Waals surface area contributed by atoms with Gasteiger partial charge in [-0.3, -0.25) is 4.79 Å². The molecule has 1 aliphatic rings. The van der Waals surface area contributed by atoms with Gasteiger partial charge in [-0.2, -0.15) is 8.75 Å². The summed E-state index contributed by atoms with van der Waals surface area (Å²) in [5.74, 6) is -0.105. The predicted molar refractivity (Wildman–Crippen MR) is 80.6 cm³/mol. The summed E-state index contributed by atoms with van der Waals surface area (Å²) in [4.78, 5) is 14.2. The number of aromatic nitrogens is 2. The summed E-state index contributed by atoms with van der Waals surface area (Å²) in [7, 11) is 0. The van der Waals surface area contributed by atoms with Gasteiger partial charge >= 0.3 is 0 Å². The highest BCUT2D eigenvalue weighted by molar-refractivity contribution is 6.99. The molecule has 1 saturated heterocycles. The van der Waals surface area contributed by atoms with Gasteiger partial charge in [0.2, 0.25) is 0 Å². The van der Waals surface area contributed by atoms with E-state index in [0.29, 0.717) is 23.9 Å². The molecule has 3 rings (SSSR count). The van der Waals surface area contributed by atoms with E-state index in [2.05, 4.69) is 8.75 Å². The Labute approximate surface area is 131 Å². The van der Waals surface area contributed by atoms with Crippen LogP contribution in [0.2, 0.25) is 5.02 Å². The van der Waals surface area contributed by atoms with Crippen molar-refractivity contribution in [3.8, 4) is 0 Å². The van der Waals surface area contributed by atoms with E-state index in [-0.39, 0.29) is 18.1 Å². The maximum Gasteiger partial charge on any atom is 0.275 e. The van der Waals surface area contributed by atoms with Gasteiger partial charge in [0, 0.05) is 5.02 Å². The van der Waals surface area contributed by atoms with E-state index in [9.17, 15) is 4.79 Å². The lowest BCUT2D eigenvalue weighted by molar-refractivity contribution is -0.0488. The van der Waals surface area contributed by atoms with E-state index < -0.39 is 0 Å². The summed E-state index contributed by atoms with van der Waals surface area (Å²) in [5.41, 5.74) is 1.36. The monoisotopic (exact) mass is 323 g/mol. The molecule has 2 aromatic rings. The highest BCUT2D eigenvalue weighted by Gasteiger charge is 2.32. The van der Waals surface area contributed by atoms with Crippen molar-refractivity contribution in [1.29, 1.82) is 0 Å². The second kappa shape index (κ2) is 6.09. The van der Waals surface area contributed by atoms with Gasteiger partial charge in [-0.15, -0.1) is 0 Å². The van der Waals surface area contributed by atoms with E-state index in [1.165, 1.54) is 6.20 Å². The molecule has 1 aliphatic heterocycles. The molecule has 1 aromatic carbocycles. The van der Waals surface area contributed by atoms with Crippen LogP contribution < -0.4 is 0 Å². The molecule has 0 unspecified atom stereocenters. The Morgan fingerprint density at radius 3 is 3.10 bits per heavy atom. The third kappa shape index (κ3) is 3.07. The number of benzene rings is 1. The molecule has 0 N–H and O–H groups in total. The molecule has 0 spiro atoms. The number of hydrogen-bond donors (Lipinski definition) is 0. The average molecular weight is 324 g/mol. The van der Waals surface area contributed by atoms with Crippen molar-refractivity contribution in [2.75, 3.05) is 13.2 Å². The highest BCUT2D eigenvalue weighted by Crippen LogP contribution is 2.27. The Morgan fingerprint density at radius 2 is 2.38 bits per heavy atom. The zero-order valence-electron chi connectivity index (χ0n) is 11.4. The van der Waals surface area contributed by atoms with Gasteiger partial charge < -0.3 is 9.64 Å². The van der Waals surface area contributed by atoms with Crippen LogP contribution in [0.15, 0.2) is 30.5 Å². The molecule has 1 aromatic heterocycles. The second-order valence-electron chi connectivity index (χ2n) is 4.98. The van der Waals surface area contributed by atoms with Crippen LogP contribution in [-0.4, -0.2) is 38.7 Å². The summed E-state index contributed by atoms with van der Waals surface area (Å²) in [6.07, 6.45) is 1.33. The molecule has 5 nitrogen and oxygen atoms in total. The van der Waals surface area contributed by atoms with Crippen LogP contribution in [0.4, 0.5) is 0 Å². The minimum atomic E-state index is -0.171. The lowest BCUT2D eigenvalue weighted by atomic mass is 10.1. The number of rotatable bonds is 2. The zero-order valence-corrected chi connectivity index (χ0v) is 13.0. The number of hydrogen-bond acceptors (Lipinski definition) is 5. The number of halogens is 1. The van der Waals surface area contributed by atoms with Gasteiger partial charge in [-0.1, -0.05) is 23.7 Å². The fraction of sp³-hybridized carbons (Fsp3) is 0.357. The van der Waals surface area contributed by atoms with E-state index in [0.717, 1.165) is 17.3 Å². The summed E-state index contributed by atoms with van der Waals surface area (Å²) >= 11 is 7.06. The SMILES string of the molecule is C[C@H]1CO[C@H](c2cccc(Cl)c2)CN1C(=O)c1cnsn1. The number of carbonyl (C=O) groups is 1. The predicted octanol–water partition coefficient (Wildman–Crippen LogP) is 2.79. The maximum atomic E-state index is 12.5. The fourth-order valence-electron chi connectivity index (χ4n) is 2.35. The normalized spacial score (nSPS) is 22.3. The molecular formula is C14H14ClN3O2S. The number of morpholine rings is 1. The topological polar surface area (TPSA) is 55.3 Å². The Balaban J connectivity index is 1.80. The molecule has 2 atom stereocenters. The largest absolute Gasteiger partial charge is 0.370 e. The van der Waals surface area contributed by atoms with Crippen molar-refractivity contribution in [1.82, 2.24) is 13.6 Å². The molecule has 2 heterocycles. The summed E-state index contributed by atoms with van der Waals surface area (Å²) in [5, 5.41) is 0.663. The molecule has 21 heavy (non-hydrogen) atoms. The quantitative estimate of drug-likeness (QED) is 0.852. The molecular weight excluding hydrogens is 310 g/mol. The first kappa shape index (κ1) is 14.4. The number of ether oxygens (including phenoxy) is 1. The van der Waals surface area contributed by atoms with Gasteiger partial charge in [0.15, 0.2) is 5.69 Å². The van der Waals surface area contributed by atoms with Crippen LogP contribution in [-0.2, 0) is 4.74 Å². The lowest BCUT2D eigenvalue weighted by Crippen LogP contribution is -2.48. The van der Waals surface area contributed by atoms with Crippen LogP contribution in [0.1, 0.15) is 29.1 Å². The van der Waals surface area contributed by atoms with Gasteiger partial charge in [0.1, 0.15) is 6.10 Å². The van der Waals surface area contributed by atoms with Crippen LogP contribution in [0.5, 0.6) is 0 Å². The number of nitrogens with zero attached hydrogens (tertiary/aromatic N) is 3. The van der Waals surface area contributed by atoms with E-state index in [1.807, 2.05) is 31.2 Å². The standard InChI is InChI=1S/C14H14ClN3O2S/c1-9-8-20-13(10-3-2-4-11(15)5-10)7-18(9)14(19)12-6-16-21-17-12/h2-6,9,13H,7-8H2,1H3/t9-,13-/m0/s1. The van der Waals surface area contributed by atoms with Gasteiger partial charge in [-0.25, -0.2) is 0 Å². The summed E-state index contributed by atoms with van der Waals surface area (Å²) in [6, 6.07) is 7.54. The fourth-order valence-corrected chi connectivity index (χ4v) is 2.96. The molecule has 0 radical (unpaired) electrons. The second-order valence-corrected chi connectivity index (χ2v) is 5.97. The minimum absolute atomic E-state index is 0.00892. The molecule has 7 heteroatoms. The van der Waals surface area contributed by atoms with Crippen LogP contribution in [0, 0.1) is 0 Å². The minimum Gasteiger partial charge on any atom is -0.370 e. The van der Waals surface area contributed by atoms with Crippen LogP contribution >= 0.6 is 23.3 Å². The first-order valence-corrected chi connectivity index (χ1v) is 7.71. The molecule has 1 fully saturated rings. The summed E-state index contributed by atoms with van der Waals surface area (Å²) < 4.78 is 13.7. The highest BCUT2D eigenvalue weighted by atomic mass is 35.5. The maximum absolute atomic E-state index is 12.5. The van der Waals surface area contributed by atoms with E-state index in [4.69, 9.17) is 16.3 Å². The van der Waals surface area contributed by atoms with Crippen molar-refractivity contribution in [2.45, 2.75) is 19.1 Å². The van der Waals surface area contributed by atoms with Gasteiger partial charge in [0.05, 0.1) is 37.1 Å². The van der Waals surface area contributed by atoms with Crippen LogP contribution in [0.25, 0.3) is 0 Å². The molecule has 0 bridgehead atoms. The van der Waals surface area contributed by atoms with Crippen molar-refractivity contribution < 1.29 is 9.53 Å². The first-order chi connectivity index (χ1) is 10.1.